The van der Waals surface area contributed by atoms with Gasteiger partial charge >= 0.3 is 0 Å². The lowest BCUT2D eigenvalue weighted by molar-refractivity contribution is -0.122. The van der Waals surface area contributed by atoms with Gasteiger partial charge in [-0.1, -0.05) is 12.8 Å². The fourth-order valence-corrected chi connectivity index (χ4v) is 6.01. The average Bonchev–Trinajstić information content (AvgIpc) is 3.15. The van der Waals surface area contributed by atoms with E-state index in [9.17, 15) is 14.4 Å². The Morgan fingerprint density at radius 3 is 1.75 bits per heavy atom. The maximum Gasteiger partial charge on any atom is 0.236 e. The fourth-order valence-electron chi connectivity index (χ4n) is 6.01. The largest absolute Gasteiger partial charge is 0.388 e. The van der Waals surface area contributed by atoms with Gasteiger partial charge in [-0.3, -0.25) is 34.6 Å². The Balaban J connectivity index is 4.92. The van der Waals surface area contributed by atoms with Crippen LogP contribution >= 0.6 is 0 Å². The number of nitrogens with one attached hydrogen (secondary N) is 5. The summed E-state index contributed by atoms with van der Waals surface area (Å²) >= 11 is 0. The van der Waals surface area contributed by atoms with Gasteiger partial charge < -0.3 is 66.3 Å². The molecule has 0 fully saturated rings. The van der Waals surface area contributed by atoms with Crippen LogP contribution < -0.4 is 61.4 Å². The summed E-state index contributed by atoms with van der Waals surface area (Å²) in [6.07, 6.45) is 8.20. The molecule has 0 aliphatic heterocycles. The van der Waals surface area contributed by atoms with Crippen LogP contribution in [-0.4, -0.2) is 174 Å². The molecular formula is C37H82N16O3. The molecule has 0 radical (unpaired) electrons. The number of aliphatic imine (C=N–C) groups is 1. The van der Waals surface area contributed by atoms with Crippen molar-refractivity contribution in [1.82, 2.24) is 36.0 Å². The van der Waals surface area contributed by atoms with E-state index < -0.39 is 12.1 Å². The zero-order chi connectivity index (χ0) is 41.8. The Morgan fingerprint density at radius 2 is 1.16 bits per heavy atom. The van der Waals surface area contributed by atoms with E-state index in [4.69, 9.17) is 45.5 Å². The predicted molar refractivity (Wildman–Crippen MR) is 229 cm³/mol. The summed E-state index contributed by atoms with van der Waals surface area (Å²) < 4.78 is 0. The molecule has 19 heteroatoms. The first-order valence-electron chi connectivity index (χ1n) is 20.8. The van der Waals surface area contributed by atoms with Crippen molar-refractivity contribution in [2.24, 2.45) is 45.1 Å². The molecule has 2 unspecified atom stereocenters. The van der Waals surface area contributed by atoms with Gasteiger partial charge in [-0.15, -0.1) is 0 Å². The second kappa shape index (κ2) is 36.3. The van der Waals surface area contributed by atoms with Gasteiger partial charge in [-0.25, -0.2) is 0 Å². The number of hydrogen-bond acceptors (Lipinski definition) is 14. The van der Waals surface area contributed by atoms with E-state index >= 15 is 0 Å². The van der Waals surface area contributed by atoms with Crippen molar-refractivity contribution in [1.29, 1.82) is 5.41 Å². The molecule has 0 saturated carbocycles. The highest BCUT2D eigenvalue weighted by Crippen LogP contribution is 2.06. The predicted octanol–water partition coefficient (Wildman–Crippen LogP) is -3.03. The van der Waals surface area contributed by atoms with Crippen LogP contribution in [0.2, 0.25) is 0 Å². The number of guanidine groups is 1. The van der Waals surface area contributed by atoms with Gasteiger partial charge in [0, 0.05) is 118 Å². The van der Waals surface area contributed by atoms with E-state index in [0.29, 0.717) is 71.4 Å². The number of nitrogens with two attached hydrogens (primary N) is 7. The first-order chi connectivity index (χ1) is 26.9. The SMILES string of the molecule is CC(=O)NCCN(CCCCCN)CCN(CCNCCCC(=O)C(N)CCCCC(=N)N)CCNCCN(CCN)CCNC(=O)C(N)CCCN=C(N)N. The van der Waals surface area contributed by atoms with Crippen LogP contribution in [0.25, 0.3) is 0 Å². The first-order valence-corrected chi connectivity index (χ1v) is 20.8. The molecule has 0 rings (SSSR count). The summed E-state index contributed by atoms with van der Waals surface area (Å²) in [4.78, 5) is 47.4. The number of amides is 2. The van der Waals surface area contributed by atoms with Crippen molar-refractivity contribution in [3.05, 3.63) is 0 Å². The Labute approximate surface area is 337 Å². The lowest BCUT2D eigenvalue weighted by atomic mass is 10.0. The zero-order valence-electron chi connectivity index (χ0n) is 34.7. The number of amidine groups is 1. The second-order valence-corrected chi connectivity index (χ2v) is 14.4. The van der Waals surface area contributed by atoms with Crippen LogP contribution in [0.15, 0.2) is 4.99 Å². The molecule has 0 aliphatic carbocycles. The van der Waals surface area contributed by atoms with E-state index in [1.54, 1.807) is 6.92 Å². The molecule has 0 heterocycles. The highest BCUT2D eigenvalue weighted by molar-refractivity contribution is 5.83. The number of unbranched alkanes of at least 4 members (excludes halogenated alkanes) is 3. The summed E-state index contributed by atoms with van der Waals surface area (Å²) in [6.45, 7) is 14.8. The molecule has 0 aromatic rings. The standard InChI is InChI=1S/C37H82N16O3/c1-31(54)48-20-27-51(22-6-2-5-13-38)29-30-53(25-17-46-15-8-11-34(55)32(40)9-3-4-12-35(42)43)26-19-47-18-24-52(23-14-39)28-21-49-36(56)33(41)10-7-16-50-37(44)45/h32-33,46-47H,2-30,38-41H2,1H3,(H3,42,43)(H,48,54)(H,49,56)(H4,44,45,50). The monoisotopic (exact) mass is 799 g/mol. The van der Waals surface area contributed by atoms with Crippen LogP contribution in [0.4, 0.5) is 0 Å². The first kappa shape index (κ1) is 53.0. The summed E-state index contributed by atoms with van der Waals surface area (Å²) in [5.41, 5.74) is 39.8. The summed E-state index contributed by atoms with van der Waals surface area (Å²) in [6, 6.07) is -1.07. The summed E-state index contributed by atoms with van der Waals surface area (Å²) in [7, 11) is 0. The Hall–Kier alpha value is -3.01. The van der Waals surface area contributed by atoms with Gasteiger partial charge in [0.15, 0.2) is 5.96 Å². The maximum atomic E-state index is 12.5. The van der Waals surface area contributed by atoms with Gasteiger partial charge in [0.25, 0.3) is 0 Å². The molecule has 0 aliphatic rings. The van der Waals surface area contributed by atoms with Gasteiger partial charge in [-0.05, 0) is 64.6 Å². The smallest absolute Gasteiger partial charge is 0.236 e. The number of Topliss-reactive ketones (excluding diaryl/α,β-unsaturated/α-hetero) is 1. The molecular weight excluding hydrogens is 717 g/mol. The molecule has 56 heavy (non-hydrogen) atoms. The third-order valence-electron chi connectivity index (χ3n) is 9.41. The average molecular weight is 799 g/mol. The highest BCUT2D eigenvalue weighted by atomic mass is 16.2. The number of ketones is 1. The van der Waals surface area contributed by atoms with Crippen molar-refractivity contribution >= 4 is 29.4 Å². The quantitative estimate of drug-likeness (QED) is 0.0167. The molecule has 19 nitrogen and oxygen atoms in total. The van der Waals surface area contributed by atoms with Crippen molar-refractivity contribution < 1.29 is 14.4 Å². The van der Waals surface area contributed by atoms with Gasteiger partial charge in [-0.2, -0.15) is 0 Å². The van der Waals surface area contributed by atoms with Crippen molar-refractivity contribution in [3.8, 4) is 0 Å². The van der Waals surface area contributed by atoms with Crippen molar-refractivity contribution in [2.45, 2.75) is 89.6 Å². The van der Waals surface area contributed by atoms with Gasteiger partial charge in [0.1, 0.15) is 5.78 Å². The van der Waals surface area contributed by atoms with Crippen LogP contribution in [0, 0.1) is 5.41 Å². The van der Waals surface area contributed by atoms with E-state index in [-0.39, 0.29) is 29.4 Å². The molecule has 0 saturated heterocycles. The minimum atomic E-state index is -0.610. The van der Waals surface area contributed by atoms with Crippen molar-refractivity contribution in [3.63, 3.8) is 0 Å². The molecule has 0 bridgehead atoms. The Bertz CT molecular complexity index is 1050. The lowest BCUT2D eigenvalue weighted by Crippen LogP contribution is -2.46. The van der Waals surface area contributed by atoms with Crippen LogP contribution in [0.3, 0.4) is 0 Å². The molecule has 328 valence electrons. The summed E-state index contributed by atoms with van der Waals surface area (Å²) in [5, 5.41) is 20.2. The molecule has 0 aromatic carbocycles. The van der Waals surface area contributed by atoms with Crippen molar-refractivity contribution in [2.75, 3.05) is 118 Å². The number of nitrogens with zero attached hydrogens (tertiary/aromatic N) is 4. The maximum absolute atomic E-state index is 12.5. The zero-order valence-corrected chi connectivity index (χ0v) is 34.7. The normalized spacial score (nSPS) is 12.6. The van der Waals surface area contributed by atoms with Gasteiger partial charge in [0.05, 0.1) is 17.9 Å². The lowest BCUT2D eigenvalue weighted by Gasteiger charge is -2.28. The van der Waals surface area contributed by atoms with Crippen LogP contribution in [0.5, 0.6) is 0 Å². The minimum Gasteiger partial charge on any atom is -0.388 e. The van der Waals surface area contributed by atoms with E-state index in [0.717, 1.165) is 117 Å². The topological polar surface area (TPSA) is 327 Å². The Kier molecular flexibility index (Phi) is 34.4. The number of carbonyl (C=O) groups excluding carboxylic acids is 3. The third-order valence-corrected chi connectivity index (χ3v) is 9.41. The van der Waals surface area contributed by atoms with Crippen LogP contribution in [0.1, 0.15) is 77.6 Å². The van der Waals surface area contributed by atoms with Gasteiger partial charge in [0.2, 0.25) is 11.8 Å². The van der Waals surface area contributed by atoms with E-state index in [1.807, 2.05) is 0 Å². The highest BCUT2D eigenvalue weighted by Gasteiger charge is 2.15. The number of carbonyl (C=O) groups is 3. The number of hydrogen-bond donors (Lipinski definition) is 12. The molecule has 19 N–H and O–H groups in total. The van der Waals surface area contributed by atoms with E-state index in [2.05, 4.69) is 41.0 Å². The second-order valence-electron chi connectivity index (χ2n) is 14.4. The Morgan fingerprint density at radius 1 is 0.589 bits per heavy atom. The third kappa shape index (κ3) is 33.2. The minimum absolute atomic E-state index is 0.0218. The number of rotatable bonds is 40. The van der Waals surface area contributed by atoms with E-state index in [1.165, 1.54) is 0 Å². The fraction of sp³-hybridized carbons (Fsp3) is 0.865. The summed E-state index contributed by atoms with van der Waals surface area (Å²) in [5.74, 6) is 0.0681. The molecule has 2 atom stereocenters. The van der Waals surface area contributed by atoms with Crippen LogP contribution in [-0.2, 0) is 14.4 Å². The molecule has 0 spiro atoms. The molecule has 0 aromatic heterocycles. The molecule has 2 amide bonds.